The van der Waals surface area contributed by atoms with Gasteiger partial charge >= 0.3 is 0 Å². The summed E-state index contributed by atoms with van der Waals surface area (Å²) in [5, 5.41) is 12.0. The van der Waals surface area contributed by atoms with E-state index >= 15 is 0 Å². The van der Waals surface area contributed by atoms with Gasteiger partial charge in [-0.2, -0.15) is 0 Å². The lowest BCUT2D eigenvalue weighted by Crippen LogP contribution is -2.24. The van der Waals surface area contributed by atoms with Crippen molar-refractivity contribution in [3.63, 3.8) is 0 Å². The highest BCUT2D eigenvalue weighted by molar-refractivity contribution is 8.00. The van der Waals surface area contributed by atoms with E-state index in [0.717, 1.165) is 16.0 Å². The molecule has 0 saturated heterocycles. The minimum Gasteiger partial charge on any atom is -0.392 e. The predicted octanol–water partition coefficient (Wildman–Crippen LogP) is 2.90. The van der Waals surface area contributed by atoms with Crippen LogP contribution >= 0.6 is 11.8 Å². The van der Waals surface area contributed by atoms with Gasteiger partial charge in [0.2, 0.25) is 5.91 Å². The average Bonchev–Trinajstić information content (AvgIpc) is 2.52. The van der Waals surface area contributed by atoms with Crippen molar-refractivity contribution in [2.24, 2.45) is 0 Å². The zero-order valence-electron chi connectivity index (χ0n) is 12.0. The summed E-state index contributed by atoms with van der Waals surface area (Å²) in [6, 6.07) is 15.6. The molecule has 1 amide bonds. The smallest absolute Gasteiger partial charge is 0.230 e. The van der Waals surface area contributed by atoms with Crippen molar-refractivity contribution in [2.45, 2.75) is 25.0 Å². The van der Waals surface area contributed by atoms with Gasteiger partial charge < -0.3 is 10.4 Å². The number of carbonyl (C=O) groups is 1. The van der Waals surface area contributed by atoms with E-state index in [-0.39, 0.29) is 12.5 Å². The Balaban J connectivity index is 1.81. The van der Waals surface area contributed by atoms with Gasteiger partial charge in [0.05, 0.1) is 12.4 Å². The van der Waals surface area contributed by atoms with Crippen molar-refractivity contribution in [1.29, 1.82) is 0 Å². The first-order valence-corrected chi connectivity index (χ1v) is 7.81. The SMILES string of the molecule is Cc1ccccc1SCC(=O)NCc1cccc(CO)c1. The number of nitrogens with one attached hydrogen (secondary N) is 1. The summed E-state index contributed by atoms with van der Waals surface area (Å²) in [6.45, 7) is 2.55. The van der Waals surface area contributed by atoms with Crippen LogP contribution < -0.4 is 5.32 Å². The maximum atomic E-state index is 11.9. The molecule has 2 aromatic rings. The van der Waals surface area contributed by atoms with Gasteiger partial charge in [-0.15, -0.1) is 11.8 Å². The molecule has 0 fully saturated rings. The fourth-order valence-electron chi connectivity index (χ4n) is 1.95. The number of hydrogen-bond acceptors (Lipinski definition) is 3. The fraction of sp³-hybridized carbons (Fsp3) is 0.235. The zero-order chi connectivity index (χ0) is 15.1. The molecular formula is C17H19NO2S. The van der Waals surface area contributed by atoms with Crippen molar-refractivity contribution in [2.75, 3.05) is 5.75 Å². The molecule has 0 radical (unpaired) electrons. The van der Waals surface area contributed by atoms with Crippen LogP contribution in [0.1, 0.15) is 16.7 Å². The van der Waals surface area contributed by atoms with E-state index < -0.39 is 0 Å². The molecule has 0 bridgehead atoms. The third-order valence-corrected chi connectivity index (χ3v) is 4.29. The molecule has 3 nitrogen and oxygen atoms in total. The van der Waals surface area contributed by atoms with E-state index in [9.17, 15) is 4.79 Å². The number of amides is 1. The maximum Gasteiger partial charge on any atom is 0.230 e. The molecule has 0 atom stereocenters. The quantitative estimate of drug-likeness (QED) is 0.807. The normalized spacial score (nSPS) is 10.4. The Morgan fingerprint density at radius 1 is 1.14 bits per heavy atom. The van der Waals surface area contributed by atoms with Gasteiger partial charge in [0, 0.05) is 11.4 Å². The number of aliphatic hydroxyl groups is 1. The third-order valence-electron chi connectivity index (χ3n) is 3.12. The number of aryl methyl sites for hydroxylation is 1. The largest absolute Gasteiger partial charge is 0.392 e. The number of carbonyl (C=O) groups excluding carboxylic acids is 1. The number of thioether (sulfide) groups is 1. The Hall–Kier alpha value is -1.78. The Morgan fingerprint density at radius 2 is 1.90 bits per heavy atom. The van der Waals surface area contributed by atoms with Crippen LogP contribution in [0.2, 0.25) is 0 Å². The van der Waals surface area contributed by atoms with Crippen molar-refractivity contribution < 1.29 is 9.90 Å². The second-order valence-electron chi connectivity index (χ2n) is 4.81. The highest BCUT2D eigenvalue weighted by Crippen LogP contribution is 2.21. The Morgan fingerprint density at radius 3 is 2.67 bits per heavy atom. The molecule has 2 aromatic carbocycles. The van der Waals surface area contributed by atoms with Gasteiger partial charge in [-0.3, -0.25) is 4.79 Å². The van der Waals surface area contributed by atoms with Crippen LogP contribution in [-0.4, -0.2) is 16.8 Å². The summed E-state index contributed by atoms with van der Waals surface area (Å²) >= 11 is 1.55. The average molecular weight is 301 g/mol. The molecule has 0 spiro atoms. The molecule has 0 unspecified atom stereocenters. The van der Waals surface area contributed by atoms with Gasteiger partial charge in [-0.05, 0) is 29.7 Å². The fourth-order valence-corrected chi connectivity index (χ4v) is 2.81. The van der Waals surface area contributed by atoms with E-state index in [1.165, 1.54) is 5.56 Å². The molecule has 0 aliphatic heterocycles. The second kappa shape index (κ2) is 7.86. The van der Waals surface area contributed by atoms with Crippen LogP contribution in [0.5, 0.6) is 0 Å². The molecule has 4 heteroatoms. The molecule has 0 aromatic heterocycles. The lowest BCUT2D eigenvalue weighted by molar-refractivity contribution is -0.118. The van der Waals surface area contributed by atoms with Crippen molar-refractivity contribution >= 4 is 17.7 Å². The standard InChI is InChI=1S/C17H19NO2S/c1-13-5-2-3-8-16(13)21-12-17(20)18-10-14-6-4-7-15(9-14)11-19/h2-9,19H,10-12H2,1H3,(H,18,20). The maximum absolute atomic E-state index is 11.9. The minimum absolute atomic E-state index is 0.0117. The second-order valence-corrected chi connectivity index (χ2v) is 5.83. The Kier molecular flexibility index (Phi) is 5.84. The highest BCUT2D eigenvalue weighted by atomic mass is 32.2. The first kappa shape index (κ1) is 15.6. The van der Waals surface area contributed by atoms with Gasteiger partial charge in [-0.25, -0.2) is 0 Å². The van der Waals surface area contributed by atoms with Crippen molar-refractivity contribution in [3.05, 3.63) is 65.2 Å². The van der Waals surface area contributed by atoms with E-state index in [0.29, 0.717) is 12.3 Å². The molecule has 0 aliphatic carbocycles. The Labute approximate surface area is 129 Å². The molecule has 2 rings (SSSR count). The van der Waals surface area contributed by atoms with Crippen LogP contribution in [0, 0.1) is 6.92 Å². The van der Waals surface area contributed by atoms with Crippen LogP contribution in [0.4, 0.5) is 0 Å². The summed E-state index contributed by atoms with van der Waals surface area (Å²) in [4.78, 5) is 13.0. The summed E-state index contributed by atoms with van der Waals surface area (Å²) in [6.07, 6.45) is 0. The summed E-state index contributed by atoms with van der Waals surface area (Å²) in [5.74, 6) is 0.419. The lowest BCUT2D eigenvalue weighted by atomic mass is 10.1. The predicted molar refractivity (Wildman–Crippen MR) is 86.1 cm³/mol. The number of benzene rings is 2. The minimum atomic E-state index is 0.0117. The van der Waals surface area contributed by atoms with Crippen LogP contribution in [0.3, 0.4) is 0 Å². The number of rotatable bonds is 6. The van der Waals surface area contributed by atoms with E-state index in [1.54, 1.807) is 11.8 Å². The monoisotopic (exact) mass is 301 g/mol. The molecule has 0 heterocycles. The molecule has 110 valence electrons. The van der Waals surface area contributed by atoms with Gasteiger partial charge in [0.15, 0.2) is 0 Å². The third kappa shape index (κ3) is 4.92. The van der Waals surface area contributed by atoms with Crippen molar-refractivity contribution in [3.8, 4) is 0 Å². The van der Waals surface area contributed by atoms with Crippen LogP contribution in [-0.2, 0) is 17.9 Å². The topological polar surface area (TPSA) is 49.3 Å². The summed E-state index contributed by atoms with van der Waals surface area (Å²) in [7, 11) is 0. The molecular weight excluding hydrogens is 282 g/mol. The Bertz CT molecular complexity index is 613. The van der Waals surface area contributed by atoms with Crippen LogP contribution in [0.25, 0.3) is 0 Å². The summed E-state index contributed by atoms with van der Waals surface area (Å²) in [5.41, 5.74) is 3.04. The summed E-state index contributed by atoms with van der Waals surface area (Å²) < 4.78 is 0. The van der Waals surface area contributed by atoms with Crippen molar-refractivity contribution in [1.82, 2.24) is 5.32 Å². The van der Waals surface area contributed by atoms with E-state index in [2.05, 4.69) is 5.32 Å². The molecule has 21 heavy (non-hydrogen) atoms. The van der Waals surface area contributed by atoms with Gasteiger partial charge in [-0.1, -0.05) is 42.5 Å². The zero-order valence-corrected chi connectivity index (χ0v) is 12.8. The lowest BCUT2D eigenvalue weighted by Gasteiger charge is -2.07. The first-order valence-electron chi connectivity index (χ1n) is 6.83. The number of hydrogen-bond donors (Lipinski definition) is 2. The van der Waals surface area contributed by atoms with E-state index in [4.69, 9.17) is 5.11 Å². The molecule has 0 aliphatic rings. The first-order chi connectivity index (χ1) is 10.2. The molecule has 2 N–H and O–H groups in total. The molecule has 0 saturated carbocycles. The van der Waals surface area contributed by atoms with Gasteiger partial charge in [0.25, 0.3) is 0 Å². The van der Waals surface area contributed by atoms with Gasteiger partial charge in [0.1, 0.15) is 0 Å². The van der Waals surface area contributed by atoms with Crippen LogP contribution in [0.15, 0.2) is 53.4 Å². The van der Waals surface area contributed by atoms with E-state index in [1.807, 2.05) is 55.5 Å². The number of aliphatic hydroxyl groups excluding tert-OH is 1. The highest BCUT2D eigenvalue weighted by Gasteiger charge is 2.04.